The fraction of sp³-hybridized carbons (Fsp3) is 0.250. The van der Waals surface area contributed by atoms with Crippen LogP contribution in [0.25, 0.3) is 5.70 Å². The number of ether oxygens (including phenoxy) is 1. The molecule has 1 N–H and O–H groups in total. The molecule has 0 fully saturated rings. The minimum absolute atomic E-state index is 0.109. The summed E-state index contributed by atoms with van der Waals surface area (Å²) >= 11 is 0. The van der Waals surface area contributed by atoms with Crippen LogP contribution in [0, 0.1) is 5.41 Å². The molecular formula is C20H19F3N2O2. The third-order valence-electron chi connectivity index (χ3n) is 4.30. The molecule has 1 aliphatic heterocycles. The molecule has 7 heteroatoms. The number of carbonyl (C=O) groups is 1. The van der Waals surface area contributed by atoms with Gasteiger partial charge in [0.15, 0.2) is 0 Å². The molecular weight excluding hydrogens is 357 g/mol. The van der Waals surface area contributed by atoms with Gasteiger partial charge in [0.05, 0.1) is 23.3 Å². The van der Waals surface area contributed by atoms with Crippen LogP contribution < -0.4 is 10.4 Å². The van der Waals surface area contributed by atoms with Crippen LogP contribution >= 0.6 is 0 Å². The average Bonchev–Trinajstić information content (AvgIpc) is 3.22. The predicted molar refractivity (Wildman–Crippen MR) is 97.2 cm³/mol. The molecule has 0 bridgehead atoms. The lowest BCUT2D eigenvalue weighted by molar-refractivity contribution is -0.167. The van der Waals surface area contributed by atoms with Crippen molar-refractivity contribution in [3.8, 4) is 0 Å². The first-order chi connectivity index (χ1) is 12.6. The van der Waals surface area contributed by atoms with Crippen LogP contribution in [0.2, 0.25) is 0 Å². The number of fused-ring (bicyclic) bond motifs is 1. The largest absolute Gasteiger partial charge is 0.449 e. The summed E-state index contributed by atoms with van der Waals surface area (Å²) in [5, 5.41) is 1.75. The molecule has 0 saturated heterocycles. The number of allylic oxidation sites excluding steroid dienone is 6. The topological polar surface area (TPSA) is 41.6 Å². The van der Waals surface area contributed by atoms with Gasteiger partial charge >= 0.3 is 12.1 Å². The Labute approximate surface area is 155 Å². The Balaban J connectivity index is 1.82. The third kappa shape index (κ3) is 3.77. The van der Waals surface area contributed by atoms with Gasteiger partial charge < -0.3 is 4.74 Å². The molecule has 142 valence electrons. The van der Waals surface area contributed by atoms with Gasteiger partial charge in [0.2, 0.25) is 5.76 Å². The Kier molecular flexibility index (Phi) is 4.63. The van der Waals surface area contributed by atoms with Gasteiger partial charge in [-0.25, -0.2) is 0 Å². The zero-order valence-corrected chi connectivity index (χ0v) is 14.9. The number of nitrogens with one attached hydrogen (secondary N) is 1. The Hall–Kier alpha value is -2.96. The highest BCUT2D eigenvalue weighted by Gasteiger charge is 2.41. The molecule has 0 unspecified atom stereocenters. The van der Waals surface area contributed by atoms with Crippen molar-refractivity contribution in [1.82, 2.24) is 5.43 Å². The van der Waals surface area contributed by atoms with E-state index in [-0.39, 0.29) is 6.54 Å². The van der Waals surface area contributed by atoms with Crippen LogP contribution in [-0.4, -0.2) is 18.7 Å². The number of nitrogens with zero attached hydrogens (tertiary/aromatic N) is 1. The van der Waals surface area contributed by atoms with E-state index in [4.69, 9.17) is 0 Å². The number of halogens is 3. The van der Waals surface area contributed by atoms with Gasteiger partial charge in [-0.05, 0) is 19.9 Å². The first-order valence-electron chi connectivity index (χ1n) is 8.30. The molecule has 0 radical (unpaired) electrons. The smallest absolute Gasteiger partial charge is 0.422 e. The molecule has 3 rings (SSSR count). The van der Waals surface area contributed by atoms with Gasteiger partial charge in [0.25, 0.3) is 0 Å². The van der Waals surface area contributed by atoms with Gasteiger partial charge in [0.1, 0.15) is 0 Å². The number of rotatable bonds is 4. The predicted octanol–water partition coefficient (Wildman–Crippen LogP) is 4.49. The lowest BCUT2D eigenvalue weighted by Gasteiger charge is -2.30. The van der Waals surface area contributed by atoms with Crippen molar-refractivity contribution >= 4 is 17.4 Å². The molecule has 0 amide bonds. The number of hydrogen-bond acceptors (Lipinski definition) is 4. The average molecular weight is 376 g/mol. The van der Waals surface area contributed by atoms with Gasteiger partial charge in [-0.2, -0.15) is 13.2 Å². The normalized spacial score (nSPS) is 15.8. The third-order valence-corrected chi connectivity index (χ3v) is 4.30. The van der Waals surface area contributed by atoms with Crippen LogP contribution in [-0.2, 0) is 9.53 Å². The number of benzene rings is 1. The second-order valence-electron chi connectivity index (χ2n) is 6.96. The summed E-state index contributed by atoms with van der Waals surface area (Å²) in [6, 6.07) is 7.59. The monoisotopic (exact) mass is 376 g/mol. The van der Waals surface area contributed by atoms with Crippen LogP contribution in [0.1, 0.15) is 19.4 Å². The standard InChI is InChI=1S/C20H19F3N2O2/c1-13(20(21,22)23)27-18(26)19(2,3)12-25-16-11-7-6-10-15(16)17(24-25)14-8-4-5-9-14/h4-11,24H,1,12H2,2-3H3. The van der Waals surface area contributed by atoms with E-state index in [1.54, 1.807) is 5.01 Å². The van der Waals surface area contributed by atoms with Crippen molar-refractivity contribution < 1.29 is 22.7 Å². The Morgan fingerprint density at radius 3 is 2.44 bits per heavy atom. The number of carbonyl (C=O) groups excluding carboxylic acids is 1. The highest BCUT2D eigenvalue weighted by atomic mass is 19.4. The Bertz CT molecular complexity index is 865. The minimum atomic E-state index is -4.77. The summed E-state index contributed by atoms with van der Waals surface area (Å²) < 4.78 is 42.3. The fourth-order valence-electron chi connectivity index (χ4n) is 2.83. The molecule has 0 aromatic heterocycles. The zero-order chi connectivity index (χ0) is 19.8. The van der Waals surface area contributed by atoms with E-state index in [2.05, 4.69) is 16.7 Å². The molecule has 4 nitrogen and oxygen atoms in total. The van der Waals surface area contributed by atoms with Crippen LogP contribution in [0.5, 0.6) is 0 Å². The summed E-state index contributed by atoms with van der Waals surface area (Å²) in [6.07, 6.45) is 2.96. The molecule has 2 aliphatic rings. The second kappa shape index (κ2) is 6.64. The van der Waals surface area contributed by atoms with E-state index in [0.717, 1.165) is 22.5 Å². The fourth-order valence-corrected chi connectivity index (χ4v) is 2.83. The van der Waals surface area contributed by atoms with Gasteiger partial charge in [-0.15, -0.1) is 0 Å². The lowest BCUT2D eigenvalue weighted by Crippen LogP contribution is -2.44. The summed E-state index contributed by atoms with van der Waals surface area (Å²) in [5.41, 5.74) is 5.68. The van der Waals surface area contributed by atoms with Crippen molar-refractivity contribution in [1.29, 1.82) is 0 Å². The Morgan fingerprint density at radius 2 is 1.81 bits per heavy atom. The number of hydrazine groups is 1. The van der Waals surface area contributed by atoms with E-state index in [9.17, 15) is 18.0 Å². The summed E-state index contributed by atoms with van der Waals surface area (Å²) in [4.78, 5) is 12.3. The zero-order valence-electron chi connectivity index (χ0n) is 14.9. The number of hydrogen-bond donors (Lipinski definition) is 1. The maximum absolute atomic E-state index is 12.6. The second-order valence-corrected chi connectivity index (χ2v) is 6.96. The molecule has 27 heavy (non-hydrogen) atoms. The van der Waals surface area contributed by atoms with E-state index >= 15 is 0 Å². The van der Waals surface area contributed by atoms with Crippen LogP contribution in [0.15, 0.2) is 66.5 Å². The van der Waals surface area contributed by atoms with Gasteiger partial charge in [-0.3, -0.25) is 15.2 Å². The first kappa shape index (κ1) is 18.8. The summed E-state index contributed by atoms with van der Waals surface area (Å²) in [7, 11) is 0. The van der Waals surface area contributed by atoms with Crippen molar-refractivity contribution in [2.24, 2.45) is 5.41 Å². The van der Waals surface area contributed by atoms with Crippen molar-refractivity contribution in [3.05, 3.63) is 72.0 Å². The highest BCUT2D eigenvalue weighted by Crippen LogP contribution is 2.37. The molecule has 0 spiro atoms. The number of alkyl halides is 3. The van der Waals surface area contributed by atoms with Crippen LogP contribution in [0.4, 0.5) is 18.9 Å². The van der Waals surface area contributed by atoms with E-state index < -0.39 is 23.3 Å². The molecule has 1 aromatic rings. The van der Waals surface area contributed by atoms with E-state index in [0.29, 0.717) is 0 Å². The lowest BCUT2D eigenvalue weighted by atomic mass is 9.93. The SMILES string of the molecule is C=C(OC(=O)C(C)(C)CN1NC(=C2C=CC=C2)c2ccccc21)C(F)(F)F. The van der Waals surface area contributed by atoms with Crippen molar-refractivity contribution in [3.63, 3.8) is 0 Å². The Morgan fingerprint density at radius 1 is 1.19 bits per heavy atom. The molecule has 1 heterocycles. The number of para-hydroxylation sites is 1. The van der Waals surface area contributed by atoms with E-state index in [1.165, 1.54) is 13.8 Å². The van der Waals surface area contributed by atoms with Crippen LogP contribution in [0.3, 0.4) is 0 Å². The summed E-state index contributed by atoms with van der Waals surface area (Å²) in [5.74, 6) is -2.51. The number of anilines is 1. The molecule has 1 aromatic carbocycles. The van der Waals surface area contributed by atoms with Gasteiger partial charge in [0, 0.05) is 11.1 Å². The number of esters is 1. The molecule has 1 aliphatic carbocycles. The first-order valence-corrected chi connectivity index (χ1v) is 8.30. The highest BCUT2D eigenvalue weighted by molar-refractivity contribution is 5.87. The minimum Gasteiger partial charge on any atom is -0.422 e. The van der Waals surface area contributed by atoms with Crippen molar-refractivity contribution in [2.45, 2.75) is 20.0 Å². The maximum atomic E-state index is 12.6. The summed E-state index contributed by atoms with van der Waals surface area (Å²) in [6.45, 7) is 5.96. The van der Waals surface area contributed by atoms with E-state index in [1.807, 2.05) is 48.6 Å². The maximum Gasteiger partial charge on any atom is 0.449 e. The molecule has 0 saturated carbocycles. The van der Waals surface area contributed by atoms with Gasteiger partial charge in [-0.1, -0.05) is 49.1 Å². The molecule has 0 atom stereocenters. The quantitative estimate of drug-likeness (QED) is 0.621. The van der Waals surface area contributed by atoms with Crippen molar-refractivity contribution in [2.75, 3.05) is 11.6 Å².